The molecule has 2 bridgehead atoms. The average molecular weight is 214 g/mol. The van der Waals surface area contributed by atoms with Gasteiger partial charge in [0.2, 0.25) is 0 Å². The highest BCUT2D eigenvalue weighted by Gasteiger charge is 2.59. The summed E-state index contributed by atoms with van der Waals surface area (Å²) in [5, 5.41) is 0. The molecule has 0 saturated heterocycles. The molecule has 1 aromatic rings. The predicted octanol–water partition coefficient (Wildman–Crippen LogP) is 4.43. The first-order valence-electron chi connectivity index (χ1n) is 6.49. The van der Waals surface area contributed by atoms with Gasteiger partial charge in [-0.2, -0.15) is 0 Å². The van der Waals surface area contributed by atoms with Crippen molar-refractivity contribution in [1.29, 1.82) is 0 Å². The lowest BCUT2D eigenvalue weighted by molar-refractivity contribution is 0.191. The highest BCUT2D eigenvalue weighted by Crippen LogP contribution is 2.66. The van der Waals surface area contributed by atoms with Crippen molar-refractivity contribution in [3.63, 3.8) is 0 Å². The van der Waals surface area contributed by atoms with Crippen LogP contribution < -0.4 is 0 Å². The normalized spacial score (nSPS) is 36.5. The molecule has 2 atom stereocenters. The van der Waals surface area contributed by atoms with E-state index in [4.69, 9.17) is 0 Å². The zero-order chi connectivity index (χ0) is 11.6. The van der Waals surface area contributed by atoms with Crippen LogP contribution in [0.15, 0.2) is 24.3 Å². The van der Waals surface area contributed by atoms with Crippen LogP contribution in [-0.2, 0) is 10.8 Å². The maximum absolute atomic E-state index is 2.46. The van der Waals surface area contributed by atoms with Gasteiger partial charge in [0.05, 0.1) is 0 Å². The molecule has 1 fully saturated rings. The molecular formula is C16H22. The first-order chi connectivity index (χ1) is 7.39. The second-order valence-electron chi connectivity index (χ2n) is 7.12. The highest BCUT2D eigenvalue weighted by atomic mass is 14.6. The van der Waals surface area contributed by atoms with Gasteiger partial charge in [-0.05, 0) is 41.2 Å². The summed E-state index contributed by atoms with van der Waals surface area (Å²) in [6, 6.07) is 9.17. The van der Waals surface area contributed by atoms with Crippen LogP contribution in [0.2, 0.25) is 0 Å². The fraction of sp³-hybridized carbons (Fsp3) is 0.625. The van der Waals surface area contributed by atoms with Gasteiger partial charge in [0.1, 0.15) is 0 Å². The van der Waals surface area contributed by atoms with Crippen molar-refractivity contribution in [2.24, 2.45) is 5.41 Å². The summed E-state index contributed by atoms with van der Waals surface area (Å²) in [5.41, 5.74) is 4.58. The van der Waals surface area contributed by atoms with Gasteiger partial charge < -0.3 is 0 Å². The fourth-order valence-electron chi connectivity index (χ4n) is 4.26. The third kappa shape index (κ3) is 1.01. The summed E-state index contributed by atoms with van der Waals surface area (Å²) in [5.74, 6) is 0. The van der Waals surface area contributed by atoms with Gasteiger partial charge in [-0.25, -0.2) is 0 Å². The van der Waals surface area contributed by atoms with E-state index in [1.54, 1.807) is 11.1 Å². The molecule has 0 N–H and O–H groups in total. The Morgan fingerprint density at radius 3 is 2.25 bits per heavy atom. The molecule has 1 saturated carbocycles. The number of hydrogen-bond acceptors (Lipinski definition) is 0. The first kappa shape index (κ1) is 10.4. The molecule has 0 nitrogen and oxygen atoms in total. The van der Waals surface area contributed by atoms with E-state index in [1.807, 2.05) is 0 Å². The summed E-state index contributed by atoms with van der Waals surface area (Å²) in [4.78, 5) is 0. The SMILES string of the molecule is CC12CCC(C(C)(C)C)(C1)c1ccccc12. The first-order valence-corrected chi connectivity index (χ1v) is 6.49. The molecule has 3 rings (SSSR count). The summed E-state index contributed by atoms with van der Waals surface area (Å²) < 4.78 is 0. The molecule has 16 heavy (non-hydrogen) atoms. The Kier molecular flexibility index (Phi) is 1.77. The molecule has 0 spiro atoms. The number of hydrogen-bond donors (Lipinski definition) is 0. The quantitative estimate of drug-likeness (QED) is 0.599. The maximum atomic E-state index is 2.46. The Balaban J connectivity index is 2.27. The van der Waals surface area contributed by atoms with E-state index < -0.39 is 0 Å². The molecular weight excluding hydrogens is 192 g/mol. The van der Waals surface area contributed by atoms with Crippen molar-refractivity contribution in [2.45, 2.75) is 57.8 Å². The van der Waals surface area contributed by atoms with Crippen LogP contribution in [0.5, 0.6) is 0 Å². The molecule has 86 valence electrons. The number of rotatable bonds is 0. The Labute approximate surface area is 99.1 Å². The van der Waals surface area contributed by atoms with Gasteiger partial charge in [-0.3, -0.25) is 0 Å². The van der Waals surface area contributed by atoms with Gasteiger partial charge in [-0.15, -0.1) is 0 Å². The lowest BCUT2D eigenvalue weighted by Gasteiger charge is -2.41. The molecule has 2 aliphatic rings. The van der Waals surface area contributed by atoms with E-state index in [1.165, 1.54) is 19.3 Å². The Hall–Kier alpha value is -0.780. The average Bonchev–Trinajstić information content (AvgIpc) is 2.69. The van der Waals surface area contributed by atoms with Gasteiger partial charge in [-0.1, -0.05) is 52.0 Å². The van der Waals surface area contributed by atoms with Crippen LogP contribution in [-0.4, -0.2) is 0 Å². The molecule has 0 aliphatic heterocycles. The summed E-state index contributed by atoms with van der Waals surface area (Å²) in [6.45, 7) is 9.72. The van der Waals surface area contributed by atoms with E-state index in [0.717, 1.165) is 0 Å². The largest absolute Gasteiger partial charge is 0.0620 e. The predicted molar refractivity (Wildman–Crippen MR) is 68.8 cm³/mol. The Morgan fingerprint density at radius 2 is 1.62 bits per heavy atom. The standard InChI is InChI=1S/C16H22/c1-14(2,3)16-10-9-15(4,11-16)12-7-5-6-8-13(12)16/h5-8H,9-11H2,1-4H3. The third-order valence-electron chi connectivity index (χ3n) is 5.32. The van der Waals surface area contributed by atoms with E-state index in [9.17, 15) is 0 Å². The summed E-state index contributed by atoms with van der Waals surface area (Å²) >= 11 is 0. The van der Waals surface area contributed by atoms with Crippen LogP contribution in [0.25, 0.3) is 0 Å². The Bertz CT molecular complexity index is 438. The smallest absolute Gasteiger partial charge is 0.00131 e. The van der Waals surface area contributed by atoms with Crippen LogP contribution >= 0.6 is 0 Å². The van der Waals surface area contributed by atoms with E-state index >= 15 is 0 Å². The lowest BCUT2D eigenvalue weighted by Crippen LogP contribution is -2.36. The zero-order valence-corrected chi connectivity index (χ0v) is 10.9. The number of benzene rings is 1. The molecule has 0 heterocycles. The minimum absolute atomic E-state index is 0.386. The molecule has 0 radical (unpaired) electrons. The number of fused-ring (bicyclic) bond motifs is 5. The van der Waals surface area contributed by atoms with Crippen LogP contribution in [0.4, 0.5) is 0 Å². The Morgan fingerprint density at radius 1 is 1.00 bits per heavy atom. The van der Waals surface area contributed by atoms with Crippen LogP contribution in [0.1, 0.15) is 58.1 Å². The minimum atomic E-state index is 0.386. The fourth-order valence-corrected chi connectivity index (χ4v) is 4.26. The summed E-state index contributed by atoms with van der Waals surface area (Å²) in [7, 11) is 0. The van der Waals surface area contributed by atoms with E-state index in [0.29, 0.717) is 16.2 Å². The van der Waals surface area contributed by atoms with Crippen molar-refractivity contribution in [2.75, 3.05) is 0 Å². The minimum Gasteiger partial charge on any atom is -0.0620 e. The maximum Gasteiger partial charge on any atom is 0.00131 e. The van der Waals surface area contributed by atoms with Crippen molar-refractivity contribution < 1.29 is 0 Å². The molecule has 1 aromatic carbocycles. The third-order valence-corrected chi connectivity index (χ3v) is 5.32. The summed E-state index contributed by atoms with van der Waals surface area (Å²) in [6.07, 6.45) is 4.12. The van der Waals surface area contributed by atoms with Gasteiger partial charge in [0, 0.05) is 5.41 Å². The van der Waals surface area contributed by atoms with Crippen molar-refractivity contribution in [3.8, 4) is 0 Å². The molecule has 0 aromatic heterocycles. The molecule has 2 unspecified atom stereocenters. The van der Waals surface area contributed by atoms with Gasteiger partial charge in [0.25, 0.3) is 0 Å². The molecule has 2 aliphatic carbocycles. The van der Waals surface area contributed by atoms with E-state index in [-0.39, 0.29) is 0 Å². The van der Waals surface area contributed by atoms with Crippen LogP contribution in [0, 0.1) is 5.41 Å². The lowest BCUT2D eigenvalue weighted by atomic mass is 9.62. The van der Waals surface area contributed by atoms with Gasteiger partial charge in [0.15, 0.2) is 0 Å². The topological polar surface area (TPSA) is 0 Å². The molecule has 0 amide bonds. The van der Waals surface area contributed by atoms with Crippen LogP contribution in [0.3, 0.4) is 0 Å². The highest BCUT2D eigenvalue weighted by molar-refractivity contribution is 5.50. The molecule has 0 heteroatoms. The van der Waals surface area contributed by atoms with Crippen molar-refractivity contribution >= 4 is 0 Å². The van der Waals surface area contributed by atoms with E-state index in [2.05, 4.69) is 52.0 Å². The monoisotopic (exact) mass is 214 g/mol. The van der Waals surface area contributed by atoms with Crippen molar-refractivity contribution in [1.82, 2.24) is 0 Å². The second kappa shape index (κ2) is 2.72. The van der Waals surface area contributed by atoms with Crippen molar-refractivity contribution in [3.05, 3.63) is 35.4 Å². The zero-order valence-electron chi connectivity index (χ0n) is 10.9. The second-order valence-corrected chi connectivity index (χ2v) is 7.12. The van der Waals surface area contributed by atoms with Gasteiger partial charge >= 0.3 is 0 Å².